The summed E-state index contributed by atoms with van der Waals surface area (Å²) in [5.41, 5.74) is 0.512. The SMILES string of the molecule is CC1CCC2(CC1)Oc1ccccc1C1=C2SSC2(O1)C(=O)c1ccccc1OC21CCC(C)CC1. The molecule has 0 aromatic heterocycles. The molecule has 2 aromatic carbocycles. The minimum Gasteiger partial charge on any atom is -0.481 e. The van der Waals surface area contributed by atoms with Crippen molar-refractivity contribution in [3.8, 4) is 11.5 Å². The third-order valence-electron chi connectivity index (χ3n) is 9.04. The Morgan fingerprint density at radius 1 is 0.750 bits per heavy atom. The molecule has 2 fully saturated rings. The number of carbonyl (C=O) groups excluding carboxylic acids is 1. The van der Waals surface area contributed by atoms with Gasteiger partial charge in [-0.2, -0.15) is 0 Å². The Kier molecular flexibility index (Phi) is 5.28. The van der Waals surface area contributed by atoms with E-state index in [1.54, 1.807) is 21.6 Å². The minimum absolute atomic E-state index is 0.0400. The molecule has 3 aliphatic heterocycles. The fourth-order valence-corrected chi connectivity index (χ4v) is 10.3. The summed E-state index contributed by atoms with van der Waals surface area (Å²) in [5, 5.41) is 0. The predicted molar refractivity (Wildman–Crippen MR) is 145 cm³/mol. The first-order valence-electron chi connectivity index (χ1n) is 13.4. The summed E-state index contributed by atoms with van der Waals surface area (Å²) >= 11 is 0. The molecule has 0 saturated heterocycles. The summed E-state index contributed by atoms with van der Waals surface area (Å²) in [7, 11) is 3.29. The molecule has 6 heteroatoms. The summed E-state index contributed by atoms with van der Waals surface area (Å²) in [6.45, 7) is 4.63. The van der Waals surface area contributed by atoms with Crippen LogP contribution in [0, 0.1) is 11.8 Å². The van der Waals surface area contributed by atoms with E-state index in [4.69, 9.17) is 14.2 Å². The number of rotatable bonds is 0. The molecule has 1 unspecified atom stereocenters. The van der Waals surface area contributed by atoms with Crippen molar-refractivity contribution in [3.63, 3.8) is 0 Å². The van der Waals surface area contributed by atoms with Crippen LogP contribution in [0.1, 0.15) is 81.1 Å². The van der Waals surface area contributed by atoms with Gasteiger partial charge >= 0.3 is 0 Å². The van der Waals surface area contributed by atoms with E-state index >= 15 is 0 Å². The summed E-state index contributed by atoms with van der Waals surface area (Å²) in [5.74, 6) is 3.76. The van der Waals surface area contributed by atoms with Crippen molar-refractivity contribution in [3.05, 3.63) is 64.6 Å². The van der Waals surface area contributed by atoms with Crippen molar-refractivity contribution in [1.82, 2.24) is 0 Å². The Morgan fingerprint density at radius 3 is 2.03 bits per heavy atom. The fraction of sp³-hybridized carbons (Fsp3) is 0.500. The number of hydrogen-bond acceptors (Lipinski definition) is 6. The zero-order chi connectivity index (χ0) is 24.5. The number of hydrogen-bond donors (Lipinski definition) is 0. The third kappa shape index (κ3) is 3.19. The average molecular weight is 521 g/mol. The molecule has 0 radical (unpaired) electrons. The number of Topliss-reactive ketones (excluding diaryl/α,β-unsaturated/α-hetero) is 1. The minimum atomic E-state index is -1.13. The van der Waals surface area contributed by atoms with Gasteiger partial charge in [-0.25, -0.2) is 0 Å². The lowest BCUT2D eigenvalue weighted by Gasteiger charge is -2.56. The van der Waals surface area contributed by atoms with E-state index in [0.29, 0.717) is 23.1 Å². The number of ketones is 1. The first kappa shape index (κ1) is 23.1. The van der Waals surface area contributed by atoms with Gasteiger partial charge in [-0.3, -0.25) is 4.79 Å². The molecule has 0 bridgehead atoms. The van der Waals surface area contributed by atoms with Gasteiger partial charge < -0.3 is 14.2 Å². The van der Waals surface area contributed by atoms with Crippen molar-refractivity contribution in [2.24, 2.45) is 11.8 Å². The molecule has 5 aliphatic rings. The zero-order valence-corrected chi connectivity index (χ0v) is 22.5. The van der Waals surface area contributed by atoms with Gasteiger partial charge in [0.25, 0.3) is 4.93 Å². The quantitative estimate of drug-likeness (QED) is 0.328. The first-order chi connectivity index (χ1) is 17.5. The average Bonchev–Trinajstić information content (AvgIpc) is 2.91. The molecule has 36 heavy (non-hydrogen) atoms. The highest BCUT2D eigenvalue weighted by molar-refractivity contribution is 8.79. The second kappa shape index (κ2) is 8.22. The van der Waals surface area contributed by atoms with Crippen LogP contribution in [-0.2, 0) is 4.74 Å². The van der Waals surface area contributed by atoms with E-state index < -0.39 is 10.5 Å². The Morgan fingerprint density at radius 2 is 1.33 bits per heavy atom. The Balaban J connectivity index is 1.39. The molecule has 2 aromatic rings. The van der Waals surface area contributed by atoms with Gasteiger partial charge in [0.1, 0.15) is 22.9 Å². The van der Waals surface area contributed by atoms with Crippen molar-refractivity contribution in [1.29, 1.82) is 0 Å². The van der Waals surface area contributed by atoms with Crippen LogP contribution >= 0.6 is 21.6 Å². The van der Waals surface area contributed by atoms with Crippen LogP contribution in [0.4, 0.5) is 0 Å². The fourth-order valence-electron chi connectivity index (χ4n) is 6.68. The van der Waals surface area contributed by atoms with Crippen LogP contribution in [-0.4, -0.2) is 21.9 Å². The monoisotopic (exact) mass is 520 g/mol. The lowest BCUT2D eigenvalue weighted by molar-refractivity contribution is -0.0922. The Bertz CT molecular complexity index is 1250. The van der Waals surface area contributed by atoms with E-state index in [2.05, 4.69) is 19.9 Å². The molecule has 4 nitrogen and oxygen atoms in total. The molecule has 7 rings (SSSR count). The van der Waals surface area contributed by atoms with Crippen molar-refractivity contribution < 1.29 is 19.0 Å². The van der Waals surface area contributed by atoms with Gasteiger partial charge in [0.15, 0.2) is 5.60 Å². The molecule has 2 aliphatic carbocycles. The molecule has 1 atom stereocenters. The number of fused-ring (bicyclic) bond motifs is 5. The molecular formula is C30H32O4S2. The summed E-state index contributed by atoms with van der Waals surface area (Å²) in [6, 6.07) is 15.9. The van der Waals surface area contributed by atoms with Gasteiger partial charge in [-0.05, 0) is 109 Å². The van der Waals surface area contributed by atoms with Crippen LogP contribution in [0.5, 0.6) is 11.5 Å². The van der Waals surface area contributed by atoms with Gasteiger partial charge in [0, 0.05) is 0 Å². The van der Waals surface area contributed by atoms with E-state index in [0.717, 1.165) is 73.3 Å². The van der Waals surface area contributed by atoms with Crippen LogP contribution in [0.2, 0.25) is 0 Å². The zero-order valence-electron chi connectivity index (χ0n) is 20.9. The lowest BCUT2D eigenvalue weighted by Crippen LogP contribution is -2.65. The third-order valence-corrected chi connectivity index (χ3v) is 12.2. The van der Waals surface area contributed by atoms with E-state index in [9.17, 15) is 4.79 Å². The highest BCUT2D eigenvalue weighted by Gasteiger charge is 2.68. The van der Waals surface area contributed by atoms with Gasteiger partial charge in [-0.1, -0.05) is 38.1 Å². The van der Waals surface area contributed by atoms with Gasteiger partial charge in [0.05, 0.1) is 16.0 Å². The van der Waals surface area contributed by atoms with E-state index in [-0.39, 0.29) is 11.4 Å². The summed E-state index contributed by atoms with van der Waals surface area (Å²) in [4.78, 5) is 14.5. The smallest absolute Gasteiger partial charge is 0.266 e. The molecule has 0 amide bonds. The largest absolute Gasteiger partial charge is 0.481 e. The van der Waals surface area contributed by atoms with Gasteiger partial charge in [0.2, 0.25) is 5.78 Å². The molecule has 3 spiro atoms. The predicted octanol–water partition coefficient (Wildman–Crippen LogP) is 8.03. The highest BCUT2D eigenvalue weighted by Crippen LogP contribution is 2.66. The summed E-state index contributed by atoms with van der Waals surface area (Å²) < 4.78 is 20.8. The Labute approximate surface area is 220 Å². The number of benzene rings is 2. The number of carbonyl (C=O) groups is 1. The van der Waals surface area contributed by atoms with Crippen LogP contribution in [0.3, 0.4) is 0 Å². The second-order valence-electron chi connectivity index (χ2n) is 11.4. The standard InChI is InChI=1S/C30H32O4S2/c1-19-11-15-28(16-12-19)27-25(21-7-3-5-9-23(21)32-28)34-30(36-35-27)26(31)22-8-4-6-10-24(22)33-29(30)17-13-20(2)14-18-29/h3-10,19-20H,11-18H2,1-2H3. The van der Waals surface area contributed by atoms with Crippen molar-refractivity contribution >= 4 is 33.1 Å². The van der Waals surface area contributed by atoms with Crippen LogP contribution < -0.4 is 9.47 Å². The molecule has 0 N–H and O–H groups in total. The van der Waals surface area contributed by atoms with Crippen molar-refractivity contribution in [2.75, 3.05) is 0 Å². The molecular weight excluding hydrogens is 488 g/mol. The normalized spacial score (nSPS) is 37.0. The Hall–Kier alpha value is -2.05. The van der Waals surface area contributed by atoms with Crippen molar-refractivity contribution in [2.45, 2.75) is 81.3 Å². The number of para-hydroxylation sites is 2. The van der Waals surface area contributed by atoms with E-state index in [1.165, 1.54) is 0 Å². The maximum absolute atomic E-state index is 14.5. The van der Waals surface area contributed by atoms with E-state index in [1.807, 2.05) is 42.5 Å². The number of ether oxygens (including phenoxy) is 3. The maximum atomic E-state index is 14.5. The second-order valence-corrected chi connectivity index (χ2v) is 13.7. The molecule has 188 valence electrons. The topological polar surface area (TPSA) is 44.8 Å². The maximum Gasteiger partial charge on any atom is 0.266 e. The van der Waals surface area contributed by atoms with Crippen LogP contribution in [0.25, 0.3) is 5.76 Å². The lowest BCUT2D eigenvalue weighted by atomic mass is 9.72. The highest BCUT2D eigenvalue weighted by atomic mass is 33.1. The summed E-state index contributed by atoms with van der Waals surface area (Å²) in [6.07, 6.45) is 7.89. The van der Waals surface area contributed by atoms with Gasteiger partial charge in [-0.15, -0.1) is 0 Å². The van der Waals surface area contributed by atoms with Crippen LogP contribution in [0.15, 0.2) is 53.4 Å². The first-order valence-corrected chi connectivity index (χ1v) is 15.5. The molecule has 3 heterocycles. The molecule has 2 saturated carbocycles.